The molecule has 0 spiro atoms. The Kier molecular flexibility index (Phi) is 5.37. The number of esters is 1. The third-order valence-corrected chi connectivity index (χ3v) is 5.79. The highest BCUT2D eigenvalue weighted by Crippen LogP contribution is 2.30. The molecule has 0 aliphatic carbocycles. The van der Waals surface area contributed by atoms with Crippen LogP contribution in [0.2, 0.25) is 0 Å². The smallest absolute Gasteiger partial charge is 0.310 e. The Bertz CT molecular complexity index is 1550. The van der Waals surface area contributed by atoms with Crippen LogP contribution in [0, 0.1) is 11.3 Å². The van der Waals surface area contributed by atoms with Crippen molar-refractivity contribution in [3.8, 4) is 6.07 Å². The summed E-state index contributed by atoms with van der Waals surface area (Å²) in [5, 5.41) is 12.6. The van der Waals surface area contributed by atoms with E-state index < -0.39 is 5.97 Å². The first-order valence-electron chi connectivity index (χ1n) is 10.7. The van der Waals surface area contributed by atoms with Crippen LogP contribution < -0.4 is 0 Å². The number of nitriles is 1. The second-order valence-electron chi connectivity index (χ2n) is 7.84. The first-order valence-corrected chi connectivity index (χ1v) is 10.7. The van der Waals surface area contributed by atoms with Crippen LogP contribution in [0.1, 0.15) is 22.3 Å². The first kappa shape index (κ1) is 20.5. The largest absolute Gasteiger partial charge is 0.464 e. The van der Waals surface area contributed by atoms with Crippen molar-refractivity contribution < 1.29 is 18.7 Å². The van der Waals surface area contributed by atoms with Gasteiger partial charge >= 0.3 is 5.97 Å². The summed E-state index contributed by atoms with van der Waals surface area (Å²) in [4.78, 5) is 25.4. The van der Waals surface area contributed by atoms with Gasteiger partial charge in [0.2, 0.25) is 5.78 Å². The van der Waals surface area contributed by atoms with Crippen LogP contribution in [-0.4, -0.2) is 22.9 Å². The number of carbonyl (C=O) groups excluding carboxylic acids is 2. The second-order valence-corrected chi connectivity index (χ2v) is 7.84. The lowest BCUT2D eigenvalue weighted by Gasteiger charge is -2.04. The minimum atomic E-state index is -0.493. The summed E-state index contributed by atoms with van der Waals surface area (Å²) in [5.74, 6) is -0.773. The molecule has 0 saturated carbocycles. The number of aryl methyl sites for hydroxylation is 1. The summed E-state index contributed by atoms with van der Waals surface area (Å²) in [6.45, 7) is 0.146. The van der Waals surface area contributed by atoms with E-state index in [1.807, 2.05) is 65.2 Å². The highest BCUT2D eigenvalue weighted by Gasteiger charge is 2.18. The molecule has 0 atom stereocenters. The molecule has 0 N–H and O–H groups in total. The lowest BCUT2D eigenvalue weighted by molar-refractivity contribution is -0.141. The molecule has 0 amide bonds. The van der Waals surface area contributed by atoms with E-state index in [2.05, 4.69) is 6.07 Å². The van der Waals surface area contributed by atoms with Gasteiger partial charge in [0, 0.05) is 40.2 Å². The van der Waals surface area contributed by atoms with E-state index >= 15 is 0 Å². The molecule has 0 unspecified atom stereocenters. The van der Waals surface area contributed by atoms with Crippen LogP contribution in [-0.2, 0) is 22.5 Å². The van der Waals surface area contributed by atoms with Gasteiger partial charge in [-0.3, -0.25) is 9.59 Å². The summed E-state index contributed by atoms with van der Waals surface area (Å²) in [6, 6.07) is 21.4. The van der Waals surface area contributed by atoms with Gasteiger partial charge in [0.25, 0.3) is 0 Å². The quantitative estimate of drug-likeness (QED) is 0.251. The van der Waals surface area contributed by atoms with E-state index in [9.17, 15) is 9.59 Å². The molecular weight excluding hydrogens is 416 g/mol. The van der Waals surface area contributed by atoms with Crippen molar-refractivity contribution in [3.05, 3.63) is 84.3 Å². The Morgan fingerprint density at radius 1 is 1.00 bits per heavy atom. The normalized spacial score (nSPS) is 11.1. The SMILES string of the molecule is N#CCCn1cc(C(=O)COC(=O)Cc2coc3ccc4ccccc4c23)c2ccccc21. The zero-order valence-corrected chi connectivity index (χ0v) is 17.8. The van der Waals surface area contributed by atoms with Crippen molar-refractivity contribution in [2.75, 3.05) is 6.61 Å². The number of fused-ring (bicyclic) bond motifs is 4. The molecule has 3 aromatic carbocycles. The topological polar surface area (TPSA) is 85.2 Å². The Balaban J connectivity index is 1.33. The number of hydrogen-bond donors (Lipinski definition) is 0. The van der Waals surface area contributed by atoms with Gasteiger partial charge in [-0.2, -0.15) is 5.26 Å². The number of nitrogens with zero attached hydrogens (tertiary/aromatic N) is 2. The molecule has 0 saturated heterocycles. The summed E-state index contributed by atoms with van der Waals surface area (Å²) < 4.78 is 12.9. The van der Waals surface area contributed by atoms with Gasteiger partial charge in [0.05, 0.1) is 25.2 Å². The van der Waals surface area contributed by atoms with Crippen molar-refractivity contribution >= 4 is 44.4 Å². The van der Waals surface area contributed by atoms with Crippen molar-refractivity contribution in [1.82, 2.24) is 4.57 Å². The van der Waals surface area contributed by atoms with E-state index in [0.717, 1.165) is 32.6 Å². The average Bonchev–Trinajstić information content (AvgIpc) is 3.43. The fourth-order valence-corrected chi connectivity index (χ4v) is 4.26. The van der Waals surface area contributed by atoms with Crippen molar-refractivity contribution in [3.63, 3.8) is 0 Å². The Morgan fingerprint density at radius 3 is 2.64 bits per heavy atom. The zero-order valence-electron chi connectivity index (χ0n) is 17.8. The van der Waals surface area contributed by atoms with Gasteiger partial charge in [-0.25, -0.2) is 0 Å². The standard InChI is InChI=1S/C27H20N2O4/c28-12-5-13-29-15-22(21-8-3-4-9-23(21)29)24(30)17-33-26(31)14-19-16-32-25-11-10-18-6-1-2-7-20(18)27(19)25/h1-4,6-11,15-16H,5,13-14,17H2. The summed E-state index contributed by atoms with van der Waals surface area (Å²) in [7, 11) is 0. The number of furan rings is 1. The number of ketones is 1. The number of ether oxygens (including phenoxy) is 1. The zero-order chi connectivity index (χ0) is 22.8. The molecule has 33 heavy (non-hydrogen) atoms. The maximum atomic E-state index is 12.9. The third-order valence-electron chi connectivity index (χ3n) is 5.79. The van der Waals surface area contributed by atoms with Crippen LogP contribution in [0.15, 0.2) is 77.5 Å². The van der Waals surface area contributed by atoms with Gasteiger partial charge in [-0.15, -0.1) is 0 Å². The highest BCUT2D eigenvalue weighted by molar-refractivity contribution is 6.10. The number of rotatable bonds is 7. The minimum absolute atomic E-state index is 0.0121. The number of benzene rings is 3. The lowest BCUT2D eigenvalue weighted by Crippen LogP contribution is -2.15. The van der Waals surface area contributed by atoms with Gasteiger partial charge in [-0.1, -0.05) is 48.5 Å². The van der Waals surface area contributed by atoms with E-state index in [1.165, 1.54) is 0 Å². The first-order chi connectivity index (χ1) is 16.2. The molecule has 2 aromatic heterocycles. The Labute approximate surface area is 189 Å². The molecule has 2 heterocycles. The van der Waals surface area contributed by atoms with Gasteiger partial charge in [0.1, 0.15) is 5.58 Å². The van der Waals surface area contributed by atoms with E-state index in [4.69, 9.17) is 14.4 Å². The van der Waals surface area contributed by atoms with Crippen LogP contribution in [0.3, 0.4) is 0 Å². The Morgan fingerprint density at radius 2 is 1.79 bits per heavy atom. The van der Waals surface area contributed by atoms with Crippen LogP contribution in [0.4, 0.5) is 0 Å². The number of para-hydroxylation sites is 1. The number of Topliss-reactive ketones (excluding diaryl/α,β-unsaturated/α-hetero) is 1. The molecule has 6 heteroatoms. The molecule has 0 radical (unpaired) electrons. The second kappa shape index (κ2) is 8.64. The molecule has 5 aromatic rings. The van der Waals surface area contributed by atoms with E-state index in [-0.39, 0.29) is 18.8 Å². The van der Waals surface area contributed by atoms with Gasteiger partial charge in [-0.05, 0) is 22.9 Å². The predicted octanol–water partition coefficient (Wildman–Crippen LogP) is 5.42. The Hall–Kier alpha value is -4.37. The average molecular weight is 436 g/mol. The molecule has 0 aliphatic heterocycles. The summed E-state index contributed by atoms with van der Waals surface area (Å²) in [5.41, 5.74) is 2.79. The number of carbonyl (C=O) groups is 2. The fraction of sp³-hybridized carbons (Fsp3) is 0.148. The minimum Gasteiger partial charge on any atom is -0.464 e. The van der Waals surface area contributed by atoms with E-state index in [0.29, 0.717) is 24.1 Å². The molecule has 0 bridgehead atoms. The molecule has 6 nitrogen and oxygen atoms in total. The lowest BCUT2D eigenvalue weighted by atomic mass is 10.0. The predicted molar refractivity (Wildman–Crippen MR) is 125 cm³/mol. The molecule has 5 rings (SSSR count). The van der Waals surface area contributed by atoms with Crippen molar-refractivity contribution in [2.45, 2.75) is 19.4 Å². The molecule has 0 aliphatic rings. The molecule has 0 fully saturated rings. The third kappa shape index (κ3) is 3.85. The van der Waals surface area contributed by atoms with Crippen LogP contribution in [0.25, 0.3) is 32.6 Å². The van der Waals surface area contributed by atoms with Crippen LogP contribution >= 0.6 is 0 Å². The molecule has 162 valence electrons. The van der Waals surface area contributed by atoms with Gasteiger partial charge in [0.15, 0.2) is 6.61 Å². The maximum Gasteiger partial charge on any atom is 0.310 e. The highest BCUT2D eigenvalue weighted by atomic mass is 16.5. The number of hydrogen-bond acceptors (Lipinski definition) is 5. The maximum absolute atomic E-state index is 12.9. The monoisotopic (exact) mass is 436 g/mol. The molecular formula is C27H20N2O4. The van der Waals surface area contributed by atoms with E-state index in [1.54, 1.807) is 12.5 Å². The number of aromatic nitrogens is 1. The summed E-state index contributed by atoms with van der Waals surface area (Å²) in [6.07, 6.45) is 3.66. The van der Waals surface area contributed by atoms with Gasteiger partial charge < -0.3 is 13.7 Å². The van der Waals surface area contributed by atoms with Crippen molar-refractivity contribution in [1.29, 1.82) is 5.26 Å². The summed E-state index contributed by atoms with van der Waals surface area (Å²) >= 11 is 0. The fourth-order valence-electron chi connectivity index (χ4n) is 4.26. The van der Waals surface area contributed by atoms with Crippen molar-refractivity contribution in [2.24, 2.45) is 0 Å². The van der Waals surface area contributed by atoms with Crippen LogP contribution in [0.5, 0.6) is 0 Å².